The van der Waals surface area contributed by atoms with Gasteiger partial charge >= 0.3 is 0 Å². The summed E-state index contributed by atoms with van der Waals surface area (Å²) >= 11 is 3.51. The highest BCUT2D eigenvalue weighted by Gasteiger charge is 2.10. The summed E-state index contributed by atoms with van der Waals surface area (Å²) in [5.74, 6) is 0.678. The summed E-state index contributed by atoms with van der Waals surface area (Å²) in [5.41, 5.74) is 3.60. The number of imidazole rings is 1. The van der Waals surface area contributed by atoms with Gasteiger partial charge in [0.2, 0.25) is 0 Å². The predicted octanol–water partition coefficient (Wildman–Crippen LogP) is 3.30. The number of benzene rings is 1. The van der Waals surface area contributed by atoms with E-state index in [-0.39, 0.29) is 0 Å². The average Bonchev–Trinajstić information content (AvgIpc) is 2.81. The fraction of sp³-hybridized carbons (Fsp3) is 0.167. The Hall–Kier alpha value is -1.62. The van der Waals surface area contributed by atoms with Gasteiger partial charge < -0.3 is 8.98 Å². The number of nitrogens with zero attached hydrogens (tertiary/aromatic N) is 3. The molecule has 2 heterocycles. The van der Waals surface area contributed by atoms with Crippen molar-refractivity contribution in [2.45, 2.75) is 6.92 Å². The molecule has 0 radical (unpaired) electrons. The van der Waals surface area contributed by atoms with E-state index in [1.807, 2.05) is 36.7 Å². The van der Waals surface area contributed by atoms with E-state index < -0.39 is 0 Å². The van der Waals surface area contributed by atoms with Crippen molar-refractivity contribution in [3.05, 3.63) is 35.0 Å². The van der Waals surface area contributed by atoms with E-state index in [1.54, 1.807) is 6.33 Å². The maximum atomic E-state index is 5.45. The molecule has 0 saturated carbocycles. The summed E-state index contributed by atoms with van der Waals surface area (Å²) in [6.45, 7) is 1.84. The van der Waals surface area contributed by atoms with E-state index in [2.05, 4.69) is 25.9 Å². The molecule has 0 bridgehead atoms. The van der Waals surface area contributed by atoms with Gasteiger partial charge in [-0.3, -0.25) is 0 Å². The second-order valence-corrected chi connectivity index (χ2v) is 4.66. The minimum atomic E-state index is 0.678. The molecule has 0 aliphatic rings. The van der Waals surface area contributed by atoms with Crippen molar-refractivity contribution in [3.63, 3.8) is 0 Å². The predicted molar refractivity (Wildman–Crippen MR) is 68.6 cm³/mol. The monoisotopic (exact) mass is 291 g/mol. The molecule has 2 aromatic heterocycles. The SMILES string of the molecule is Cc1nc2cc(-c3ncn(C)c3Br)ccc2o1. The minimum absolute atomic E-state index is 0.678. The Kier molecular flexibility index (Phi) is 2.29. The largest absolute Gasteiger partial charge is 0.441 e. The number of aromatic nitrogens is 3. The second-order valence-electron chi connectivity index (χ2n) is 3.91. The van der Waals surface area contributed by atoms with Crippen LogP contribution in [0.15, 0.2) is 33.5 Å². The van der Waals surface area contributed by atoms with Crippen molar-refractivity contribution < 1.29 is 4.42 Å². The molecule has 0 aliphatic heterocycles. The number of hydrogen-bond acceptors (Lipinski definition) is 3. The molecule has 0 spiro atoms. The zero-order valence-electron chi connectivity index (χ0n) is 9.44. The smallest absolute Gasteiger partial charge is 0.192 e. The maximum Gasteiger partial charge on any atom is 0.192 e. The Bertz CT molecular complexity index is 699. The van der Waals surface area contributed by atoms with Crippen LogP contribution in [0.4, 0.5) is 0 Å². The molecule has 1 aromatic carbocycles. The van der Waals surface area contributed by atoms with Gasteiger partial charge in [-0.1, -0.05) is 0 Å². The fourth-order valence-electron chi connectivity index (χ4n) is 1.80. The van der Waals surface area contributed by atoms with Gasteiger partial charge in [0.25, 0.3) is 0 Å². The van der Waals surface area contributed by atoms with Gasteiger partial charge in [-0.2, -0.15) is 0 Å². The van der Waals surface area contributed by atoms with Crippen LogP contribution in [-0.2, 0) is 7.05 Å². The van der Waals surface area contributed by atoms with Gasteiger partial charge in [0, 0.05) is 19.5 Å². The molecular formula is C12H10BrN3O. The number of aryl methyl sites for hydroxylation is 2. The van der Waals surface area contributed by atoms with Crippen LogP contribution in [0, 0.1) is 6.92 Å². The van der Waals surface area contributed by atoms with Crippen molar-refractivity contribution in [2.24, 2.45) is 7.05 Å². The lowest BCUT2D eigenvalue weighted by atomic mass is 10.1. The maximum absolute atomic E-state index is 5.45. The third kappa shape index (κ3) is 1.67. The van der Waals surface area contributed by atoms with Crippen molar-refractivity contribution in [2.75, 3.05) is 0 Å². The van der Waals surface area contributed by atoms with Gasteiger partial charge in [-0.25, -0.2) is 9.97 Å². The number of halogens is 1. The normalized spacial score (nSPS) is 11.2. The number of fused-ring (bicyclic) bond motifs is 1. The van der Waals surface area contributed by atoms with Crippen molar-refractivity contribution in [1.82, 2.24) is 14.5 Å². The topological polar surface area (TPSA) is 43.9 Å². The Morgan fingerprint density at radius 2 is 2.18 bits per heavy atom. The van der Waals surface area contributed by atoms with Crippen LogP contribution in [0.5, 0.6) is 0 Å². The Morgan fingerprint density at radius 3 is 2.88 bits per heavy atom. The Balaban J connectivity index is 2.20. The molecule has 5 heteroatoms. The highest BCUT2D eigenvalue weighted by Crippen LogP contribution is 2.28. The third-order valence-electron chi connectivity index (χ3n) is 2.63. The lowest BCUT2D eigenvalue weighted by molar-refractivity contribution is 0.561. The summed E-state index contributed by atoms with van der Waals surface area (Å²) < 4.78 is 8.33. The molecule has 0 atom stereocenters. The minimum Gasteiger partial charge on any atom is -0.441 e. The lowest BCUT2D eigenvalue weighted by Gasteiger charge is -1.98. The van der Waals surface area contributed by atoms with E-state index in [9.17, 15) is 0 Å². The van der Waals surface area contributed by atoms with Gasteiger partial charge in [0.15, 0.2) is 11.5 Å². The Labute approximate surface area is 106 Å². The van der Waals surface area contributed by atoms with Gasteiger partial charge in [-0.05, 0) is 34.1 Å². The standard InChI is InChI=1S/C12H10BrN3O/c1-7-15-9-5-8(3-4-10(9)17-7)11-12(13)16(2)6-14-11/h3-6H,1-2H3. The summed E-state index contributed by atoms with van der Waals surface area (Å²) in [6.07, 6.45) is 1.78. The van der Waals surface area contributed by atoms with E-state index in [0.29, 0.717) is 5.89 Å². The highest BCUT2D eigenvalue weighted by atomic mass is 79.9. The zero-order chi connectivity index (χ0) is 12.0. The molecular weight excluding hydrogens is 282 g/mol. The summed E-state index contributed by atoms with van der Waals surface area (Å²) in [7, 11) is 1.94. The molecule has 0 unspecified atom stereocenters. The third-order valence-corrected chi connectivity index (χ3v) is 3.57. The first-order valence-corrected chi connectivity index (χ1v) is 5.99. The summed E-state index contributed by atoms with van der Waals surface area (Å²) in [5, 5.41) is 0. The van der Waals surface area contributed by atoms with E-state index >= 15 is 0 Å². The van der Waals surface area contributed by atoms with E-state index in [1.165, 1.54) is 0 Å². The van der Waals surface area contributed by atoms with Crippen molar-refractivity contribution in [1.29, 1.82) is 0 Å². The van der Waals surface area contributed by atoms with Crippen molar-refractivity contribution in [3.8, 4) is 11.3 Å². The van der Waals surface area contributed by atoms with Crippen LogP contribution in [0.25, 0.3) is 22.4 Å². The van der Waals surface area contributed by atoms with Crippen LogP contribution >= 0.6 is 15.9 Å². The first-order chi connectivity index (χ1) is 8.15. The van der Waals surface area contributed by atoms with Gasteiger partial charge in [0.05, 0.1) is 6.33 Å². The second kappa shape index (κ2) is 3.70. The molecule has 86 valence electrons. The first-order valence-electron chi connectivity index (χ1n) is 5.19. The fourth-order valence-corrected chi connectivity index (χ4v) is 2.22. The molecule has 17 heavy (non-hydrogen) atoms. The quantitative estimate of drug-likeness (QED) is 0.691. The molecule has 0 fully saturated rings. The molecule has 0 N–H and O–H groups in total. The summed E-state index contributed by atoms with van der Waals surface area (Å²) in [4.78, 5) is 8.68. The van der Waals surface area contributed by atoms with Crippen molar-refractivity contribution >= 4 is 27.0 Å². The first kappa shape index (κ1) is 10.5. The Morgan fingerprint density at radius 1 is 1.35 bits per heavy atom. The lowest BCUT2D eigenvalue weighted by Crippen LogP contribution is -1.84. The molecule has 3 aromatic rings. The van der Waals surface area contributed by atoms with Crippen LogP contribution in [0.1, 0.15) is 5.89 Å². The molecule has 0 amide bonds. The van der Waals surface area contributed by atoms with Crippen LogP contribution < -0.4 is 0 Å². The number of rotatable bonds is 1. The zero-order valence-corrected chi connectivity index (χ0v) is 11.0. The molecule has 3 rings (SSSR count). The van der Waals surface area contributed by atoms with Gasteiger partial charge in [-0.15, -0.1) is 0 Å². The highest BCUT2D eigenvalue weighted by molar-refractivity contribution is 9.10. The summed E-state index contributed by atoms with van der Waals surface area (Å²) in [6, 6.07) is 5.89. The van der Waals surface area contributed by atoms with Crippen LogP contribution in [0.2, 0.25) is 0 Å². The molecule has 0 aliphatic carbocycles. The molecule has 0 saturated heterocycles. The number of hydrogen-bond donors (Lipinski definition) is 0. The van der Waals surface area contributed by atoms with Gasteiger partial charge in [0.1, 0.15) is 15.8 Å². The molecule has 4 nitrogen and oxygen atoms in total. The van der Waals surface area contributed by atoms with E-state index in [4.69, 9.17) is 4.42 Å². The van der Waals surface area contributed by atoms with Crippen LogP contribution in [0.3, 0.4) is 0 Å². The van der Waals surface area contributed by atoms with E-state index in [0.717, 1.165) is 27.0 Å². The average molecular weight is 292 g/mol. The van der Waals surface area contributed by atoms with Crippen LogP contribution in [-0.4, -0.2) is 14.5 Å². The number of oxazole rings is 1.